The summed E-state index contributed by atoms with van der Waals surface area (Å²) in [4.78, 5) is 24.1. The number of carbonyl (C=O) groups excluding carboxylic acids is 1. The first-order chi connectivity index (χ1) is 12.4. The second kappa shape index (κ2) is 6.14. The Balaban J connectivity index is 1.41. The van der Waals surface area contributed by atoms with Gasteiger partial charge in [-0.2, -0.15) is 13.2 Å². The number of aromatic nitrogens is 2. The monoisotopic (exact) mass is 367 g/mol. The molecule has 1 aromatic heterocycles. The average Bonchev–Trinajstić information content (AvgIpc) is 2.56. The number of nitrogens with zero attached hydrogens (tertiary/aromatic N) is 4. The number of amides is 1. The van der Waals surface area contributed by atoms with Crippen LogP contribution in [0.25, 0.3) is 0 Å². The summed E-state index contributed by atoms with van der Waals surface area (Å²) in [5.41, 5.74) is 0. The molecule has 3 aliphatic carbocycles. The zero-order valence-corrected chi connectivity index (χ0v) is 14.1. The van der Waals surface area contributed by atoms with Crippen LogP contribution in [0, 0.1) is 17.8 Å². The molecule has 1 aromatic rings. The van der Waals surface area contributed by atoms with Gasteiger partial charge in [0.1, 0.15) is 0 Å². The SMILES string of the molecule is C=CC(=O)N1CCN(c2nccnc2NC2C3CC2C3C(F)(F)F)CC1. The van der Waals surface area contributed by atoms with Crippen molar-refractivity contribution in [3.05, 3.63) is 25.0 Å². The molecule has 4 fully saturated rings. The Morgan fingerprint density at radius 2 is 1.85 bits per heavy atom. The van der Waals surface area contributed by atoms with Crippen LogP contribution in [0.1, 0.15) is 6.42 Å². The third-order valence-electron chi connectivity index (χ3n) is 5.82. The number of hydrogen-bond acceptors (Lipinski definition) is 5. The normalized spacial score (nSPS) is 30.3. The van der Waals surface area contributed by atoms with Crippen molar-refractivity contribution in [2.75, 3.05) is 36.4 Å². The van der Waals surface area contributed by atoms with Crippen LogP contribution in [0.15, 0.2) is 25.0 Å². The highest BCUT2D eigenvalue weighted by Crippen LogP contribution is 2.64. The first-order valence-electron chi connectivity index (χ1n) is 8.70. The molecule has 3 saturated carbocycles. The minimum atomic E-state index is -4.11. The Morgan fingerprint density at radius 3 is 2.42 bits per heavy atom. The highest BCUT2D eigenvalue weighted by molar-refractivity contribution is 5.87. The zero-order valence-electron chi connectivity index (χ0n) is 14.1. The summed E-state index contributed by atoms with van der Waals surface area (Å²) in [6, 6.07) is -0.180. The molecule has 2 unspecified atom stereocenters. The zero-order chi connectivity index (χ0) is 18.5. The minimum Gasteiger partial charge on any atom is -0.364 e. The first-order valence-corrected chi connectivity index (χ1v) is 8.70. The average molecular weight is 367 g/mol. The molecule has 0 spiro atoms. The number of halogens is 3. The fourth-order valence-electron chi connectivity index (χ4n) is 4.23. The fourth-order valence-corrected chi connectivity index (χ4v) is 4.23. The highest BCUT2D eigenvalue weighted by Gasteiger charge is 2.70. The van der Waals surface area contributed by atoms with E-state index in [2.05, 4.69) is 21.9 Å². The lowest BCUT2D eigenvalue weighted by molar-refractivity contribution is -0.289. The molecule has 140 valence electrons. The maximum atomic E-state index is 12.9. The van der Waals surface area contributed by atoms with Gasteiger partial charge in [0, 0.05) is 44.6 Å². The largest absolute Gasteiger partial charge is 0.392 e. The summed E-state index contributed by atoms with van der Waals surface area (Å²) in [6.45, 7) is 5.77. The van der Waals surface area contributed by atoms with E-state index in [-0.39, 0.29) is 23.8 Å². The first kappa shape index (κ1) is 17.1. The van der Waals surface area contributed by atoms with Crippen LogP contribution < -0.4 is 10.2 Å². The van der Waals surface area contributed by atoms with Gasteiger partial charge in [0.15, 0.2) is 11.6 Å². The Hall–Kier alpha value is -2.32. The molecule has 0 aromatic carbocycles. The fraction of sp³-hybridized carbons (Fsp3) is 0.588. The molecular formula is C17H20F3N5O. The summed E-state index contributed by atoms with van der Waals surface area (Å²) in [7, 11) is 0. The standard InChI is InChI=1S/C17H20F3N5O/c1-2-12(26)24-5-7-25(8-6-24)16-15(21-3-4-22-16)23-14-10-9-11(14)13(10)17(18,19)20/h2-4,10-11,13-14H,1,5-9H2,(H,21,23). The molecular weight excluding hydrogens is 347 g/mol. The number of piperazine rings is 1. The van der Waals surface area contributed by atoms with Crippen molar-refractivity contribution in [3.63, 3.8) is 0 Å². The lowest BCUT2D eigenvalue weighted by Crippen LogP contribution is -2.70. The van der Waals surface area contributed by atoms with E-state index in [1.54, 1.807) is 11.1 Å². The van der Waals surface area contributed by atoms with Gasteiger partial charge < -0.3 is 15.1 Å². The summed E-state index contributed by atoms with van der Waals surface area (Å²) < 4.78 is 38.7. The van der Waals surface area contributed by atoms with Gasteiger partial charge in [-0.25, -0.2) is 9.97 Å². The number of carbonyl (C=O) groups is 1. The van der Waals surface area contributed by atoms with E-state index in [9.17, 15) is 18.0 Å². The number of rotatable bonds is 4. The molecule has 1 saturated heterocycles. The topological polar surface area (TPSA) is 61.4 Å². The summed E-state index contributed by atoms with van der Waals surface area (Å²) in [6.07, 6.45) is 0.923. The minimum absolute atomic E-state index is 0.102. The van der Waals surface area contributed by atoms with E-state index in [1.807, 2.05) is 4.90 Å². The summed E-state index contributed by atoms with van der Waals surface area (Å²) in [5, 5.41) is 3.18. The van der Waals surface area contributed by atoms with Crippen molar-refractivity contribution in [3.8, 4) is 0 Å². The van der Waals surface area contributed by atoms with Gasteiger partial charge in [-0.1, -0.05) is 6.58 Å². The van der Waals surface area contributed by atoms with Gasteiger partial charge >= 0.3 is 6.18 Å². The predicted molar refractivity (Wildman–Crippen MR) is 89.6 cm³/mol. The number of anilines is 2. The van der Waals surface area contributed by atoms with Crippen LogP contribution >= 0.6 is 0 Å². The third kappa shape index (κ3) is 2.69. The molecule has 1 aliphatic heterocycles. The van der Waals surface area contributed by atoms with Gasteiger partial charge in [-0.05, 0) is 24.3 Å². The number of alkyl halides is 3. The van der Waals surface area contributed by atoms with Crippen molar-refractivity contribution >= 4 is 17.5 Å². The summed E-state index contributed by atoms with van der Waals surface area (Å²) >= 11 is 0. The molecule has 6 nitrogen and oxygen atoms in total. The van der Waals surface area contributed by atoms with E-state index < -0.39 is 12.1 Å². The molecule has 9 heteroatoms. The highest BCUT2D eigenvalue weighted by atomic mass is 19.4. The molecule has 5 rings (SSSR count). The molecule has 26 heavy (non-hydrogen) atoms. The maximum Gasteiger partial charge on any atom is 0.392 e. The van der Waals surface area contributed by atoms with Gasteiger partial charge in [0.2, 0.25) is 5.91 Å². The van der Waals surface area contributed by atoms with Crippen LogP contribution in [0.4, 0.5) is 24.8 Å². The smallest absolute Gasteiger partial charge is 0.364 e. The van der Waals surface area contributed by atoms with Crippen molar-refractivity contribution in [2.24, 2.45) is 17.8 Å². The molecule has 2 bridgehead atoms. The van der Waals surface area contributed by atoms with Gasteiger partial charge in [-0.15, -0.1) is 0 Å². The quantitative estimate of drug-likeness (QED) is 0.824. The van der Waals surface area contributed by atoms with Crippen LogP contribution in [0.3, 0.4) is 0 Å². The maximum absolute atomic E-state index is 12.9. The predicted octanol–water partition coefficient (Wildman–Crippen LogP) is 1.92. The van der Waals surface area contributed by atoms with E-state index in [1.165, 1.54) is 12.3 Å². The van der Waals surface area contributed by atoms with Gasteiger partial charge in [-0.3, -0.25) is 4.79 Å². The molecule has 2 heterocycles. The lowest BCUT2D eigenvalue weighted by Gasteiger charge is -2.64. The van der Waals surface area contributed by atoms with Crippen LogP contribution in [-0.4, -0.2) is 59.2 Å². The van der Waals surface area contributed by atoms with Crippen molar-refractivity contribution < 1.29 is 18.0 Å². The van der Waals surface area contributed by atoms with Crippen LogP contribution in [0.5, 0.6) is 0 Å². The molecule has 2 atom stereocenters. The Kier molecular flexibility index (Phi) is 4.04. The van der Waals surface area contributed by atoms with Gasteiger partial charge in [0.05, 0.1) is 5.92 Å². The van der Waals surface area contributed by atoms with Crippen LogP contribution in [0.2, 0.25) is 0 Å². The van der Waals surface area contributed by atoms with Gasteiger partial charge in [0.25, 0.3) is 0 Å². The van der Waals surface area contributed by atoms with Crippen molar-refractivity contribution in [1.29, 1.82) is 0 Å². The van der Waals surface area contributed by atoms with Crippen molar-refractivity contribution in [2.45, 2.75) is 18.6 Å². The second-order valence-electron chi connectivity index (χ2n) is 7.05. The molecule has 1 N–H and O–H groups in total. The second-order valence-corrected chi connectivity index (χ2v) is 7.05. The molecule has 4 aliphatic rings. The summed E-state index contributed by atoms with van der Waals surface area (Å²) in [5.74, 6) is -0.846. The van der Waals surface area contributed by atoms with Crippen molar-refractivity contribution in [1.82, 2.24) is 14.9 Å². The lowest BCUT2D eigenvalue weighted by atomic mass is 9.44. The third-order valence-corrected chi connectivity index (χ3v) is 5.82. The molecule has 0 radical (unpaired) electrons. The van der Waals surface area contributed by atoms with E-state index in [0.29, 0.717) is 44.2 Å². The Bertz CT molecular complexity index is 707. The Labute approximate surface area is 149 Å². The number of nitrogens with one attached hydrogen (secondary N) is 1. The van der Waals surface area contributed by atoms with E-state index in [0.717, 1.165) is 0 Å². The Morgan fingerprint density at radius 1 is 1.19 bits per heavy atom. The van der Waals surface area contributed by atoms with E-state index >= 15 is 0 Å². The van der Waals surface area contributed by atoms with Crippen LogP contribution in [-0.2, 0) is 4.79 Å². The molecule has 1 amide bonds. The number of hydrogen-bond donors (Lipinski definition) is 1. The van der Waals surface area contributed by atoms with E-state index in [4.69, 9.17) is 0 Å².